The molecule has 0 spiro atoms. The lowest BCUT2D eigenvalue weighted by atomic mass is 10.0. The molecular formula is C60H40N4S2. The van der Waals surface area contributed by atoms with Gasteiger partial charge in [0.2, 0.25) is 0 Å². The lowest BCUT2D eigenvalue weighted by molar-refractivity contribution is 1.30. The van der Waals surface area contributed by atoms with Crippen LogP contribution in [0.25, 0.3) is 62.2 Å². The average Bonchev–Trinajstić information content (AvgIpc) is 4.08. The molecule has 66 heavy (non-hydrogen) atoms. The average molecular weight is 881 g/mol. The van der Waals surface area contributed by atoms with Gasteiger partial charge in [0.1, 0.15) is 0 Å². The molecule has 0 saturated carbocycles. The summed E-state index contributed by atoms with van der Waals surface area (Å²) in [6.45, 7) is 0. The summed E-state index contributed by atoms with van der Waals surface area (Å²) in [5, 5.41) is 7.32. The molecule has 0 aliphatic heterocycles. The van der Waals surface area contributed by atoms with E-state index in [0.29, 0.717) is 0 Å². The molecule has 0 amide bonds. The highest BCUT2D eigenvalue weighted by atomic mass is 32.1. The van der Waals surface area contributed by atoms with E-state index in [1.54, 1.807) is 0 Å². The number of anilines is 9. The molecule has 3 heterocycles. The van der Waals surface area contributed by atoms with Crippen LogP contribution in [0.15, 0.2) is 237 Å². The van der Waals surface area contributed by atoms with Crippen molar-refractivity contribution < 1.29 is 0 Å². The monoisotopic (exact) mass is 880 g/mol. The Kier molecular flexibility index (Phi) is 9.18. The molecule has 0 fully saturated rings. The number of thiophene rings is 2. The predicted molar refractivity (Wildman–Crippen MR) is 286 cm³/mol. The van der Waals surface area contributed by atoms with E-state index in [2.05, 4.69) is 256 Å². The molecule has 13 rings (SSSR count). The molecule has 0 aliphatic carbocycles. The summed E-state index contributed by atoms with van der Waals surface area (Å²) < 4.78 is 5.00. The van der Waals surface area contributed by atoms with E-state index < -0.39 is 0 Å². The van der Waals surface area contributed by atoms with Gasteiger partial charge in [0, 0.05) is 96.3 Å². The number of nitrogens with one attached hydrogen (secondary N) is 1. The van der Waals surface area contributed by atoms with Crippen LogP contribution < -0.4 is 14.7 Å². The highest BCUT2D eigenvalue weighted by molar-refractivity contribution is 7.26. The van der Waals surface area contributed by atoms with Crippen molar-refractivity contribution >= 4 is 136 Å². The molecule has 10 aromatic carbocycles. The van der Waals surface area contributed by atoms with Gasteiger partial charge in [0.05, 0.1) is 17.1 Å². The first kappa shape index (κ1) is 38.3. The summed E-state index contributed by atoms with van der Waals surface area (Å²) in [7, 11) is 0. The van der Waals surface area contributed by atoms with E-state index in [1.807, 2.05) is 22.7 Å². The second kappa shape index (κ2) is 15.8. The van der Waals surface area contributed by atoms with E-state index in [4.69, 9.17) is 0 Å². The van der Waals surface area contributed by atoms with Crippen LogP contribution in [0.4, 0.5) is 51.2 Å². The number of H-pyrrole nitrogens is 1. The summed E-state index contributed by atoms with van der Waals surface area (Å²) in [5.41, 5.74) is 12.3. The largest absolute Gasteiger partial charge is 0.354 e. The third-order valence-electron chi connectivity index (χ3n) is 12.7. The number of hydrogen-bond acceptors (Lipinski definition) is 5. The molecule has 13 aromatic rings. The zero-order valence-corrected chi connectivity index (χ0v) is 37.3. The molecule has 0 radical (unpaired) electrons. The summed E-state index contributed by atoms with van der Waals surface area (Å²) in [6, 6.07) is 85.8. The minimum Gasteiger partial charge on any atom is -0.354 e. The summed E-state index contributed by atoms with van der Waals surface area (Å²) in [4.78, 5) is 11.0. The molecule has 312 valence electrons. The minimum absolute atomic E-state index is 1.09. The standard InChI is InChI=1S/C60H40N4S2/c1-5-18-40(19-6-1)62(41-20-7-2-8-21-41)52-30-16-32-56-59(52)47-38-44(34-36-54(47)65-56)64(51-29-15-28-50-58(51)46-26-13-14-27-49(46)61-50)45-35-37-55-48(39-45)60-53(31-17-33-57(60)66-55)63(42-22-9-3-10-23-42)43-24-11-4-12-25-43/h1-39,61H. The van der Waals surface area contributed by atoms with Crippen LogP contribution in [-0.2, 0) is 0 Å². The second-order valence-electron chi connectivity index (χ2n) is 16.6. The highest BCUT2D eigenvalue weighted by Gasteiger charge is 2.24. The van der Waals surface area contributed by atoms with E-state index >= 15 is 0 Å². The van der Waals surface area contributed by atoms with Crippen LogP contribution in [0, 0.1) is 0 Å². The Bertz CT molecular complexity index is 3620. The third kappa shape index (κ3) is 6.33. The fraction of sp³-hybridized carbons (Fsp3) is 0. The van der Waals surface area contributed by atoms with Crippen LogP contribution in [0.2, 0.25) is 0 Å². The van der Waals surface area contributed by atoms with E-state index in [-0.39, 0.29) is 0 Å². The number of hydrogen-bond donors (Lipinski definition) is 1. The number of rotatable bonds is 9. The Morgan fingerprint density at radius 3 is 1.11 bits per heavy atom. The van der Waals surface area contributed by atoms with Crippen LogP contribution in [0.3, 0.4) is 0 Å². The minimum atomic E-state index is 1.09. The Morgan fingerprint density at radius 1 is 0.258 bits per heavy atom. The van der Waals surface area contributed by atoms with Crippen molar-refractivity contribution in [2.75, 3.05) is 14.7 Å². The first-order chi connectivity index (χ1) is 32.7. The summed E-state index contributed by atoms with van der Waals surface area (Å²) in [6.07, 6.45) is 0. The van der Waals surface area contributed by atoms with Gasteiger partial charge in [0.15, 0.2) is 0 Å². The van der Waals surface area contributed by atoms with Crippen molar-refractivity contribution in [1.29, 1.82) is 0 Å². The maximum atomic E-state index is 3.74. The van der Waals surface area contributed by atoms with Crippen molar-refractivity contribution in [3.8, 4) is 0 Å². The second-order valence-corrected chi connectivity index (χ2v) is 18.8. The molecule has 6 heteroatoms. The van der Waals surface area contributed by atoms with Gasteiger partial charge in [-0.15, -0.1) is 22.7 Å². The van der Waals surface area contributed by atoms with Crippen LogP contribution in [-0.4, -0.2) is 4.98 Å². The van der Waals surface area contributed by atoms with Gasteiger partial charge < -0.3 is 19.7 Å². The van der Waals surface area contributed by atoms with Crippen molar-refractivity contribution in [3.63, 3.8) is 0 Å². The van der Waals surface area contributed by atoms with Crippen molar-refractivity contribution in [3.05, 3.63) is 237 Å². The van der Waals surface area contributed by atoms with Gasteiger partial charge in [-0.25, -0.2) is 0 Å². The van der Waals surface area contributed by atoms with Crippen molar-refractivity contribution in [2.45, 2.75) is 0 Å². The first-order valence-electron chi connectivity index (χ1n) is 22.3. The topological polar surface area (TPSA) is 25.5 Å². The highest BCUT2D eigenvalue weighted by Crippen LogP contribution is 2.50. The van der Waals surface area contributed by atoms with Crippen LogP contribution in [0.1, 0.15) is 0 Å². The number of nitrogens with zero attached hydrogens (tertiary/aromatic N) is 3. The van der Waals surface area contributed by atoms with E-state index in [9.17, 15) is 0 Å². The lowest BCUT2D eigenvalue weighted by Gasteiger charge is -2.28. The lowest BCUT2D eigenvalue weighted by Crippen LogP contribution is -2.11. The van der Waals surface area contributed by atoms with Gasteiger partial charge >= 0.3 is 0 Å². The maximum absolute atomic E-state index is 3.74. The molecular weight excluding hydrogens is 841 g/mol. The number of aromatic nitrogens is 1. The van der Waals surface area contributed by atoms with Gasteiger partial charge in [-0.2, -0.15) is 0 Å². The molecule has 0 atom stereocenters. The molecule has 1 N–H and O–H groups in total. The van der Waals surface area contributed by atoms with Crippen LogP contribution in [0.5, 0.6) is 0 Å². The number of fused-ring (bicyclic) bond motifs is 9. The van der Waals surface area contributed by atoms with Gasteiger partial charge in [-0.1, -0.05) is 109 Å². The normalized spacial score (nSPS) is 11.6. The number of para-hydroxylation sites is 5. The first-order valence-corrected chi connectivity index (χ1v) is 23.9. The SMILES string of the molecule is c1ccc(N(c2ccccc2)c2cccc3sc4ccc(N(c5ccc6sc7cccc(N(c8ccccc8)c8ccccc8)c7c6c5)c5cccc6[nH]c7ccccc7c56)cc4c23)cc1. The quantitative estimate of drug-likeness (QED) is 0.156. The van der Waals surface area contributed by atoms with E-state index in [1.165, 1.54) is 51.1 Å². The molecule has 3 aromatic heterocycles. The number of benzene rings is 10. The zero-order valence-electron chi connectivity index (χ0n) is 35.7. The Morgan fingerprint density at radius 2 is 0.636 bits per heavy atom. The molecule has 4 nitrogen and oxygen atoms in total. The Balaban J connectivity index is 1.07. The molecule has 0 saturated heterocycles. The summed E-state index contributed by atoms with van der Waals surface area (Å²) >= 11 is 3.71. The molecule has 0 aliphatic rings. The third-order valence-corrected chi connectivity index (χ3v) is 15.0. The van der Waals surface area contributed by atoms with Crippen LogP contribution >= 0.6 is 22.7 Å². The summed E-state index contributed by atoms with van der Waals surface area (Å²) in [5.74, 6) is 0. The van der Waals surface area contributed by atoms with Crippen molar-refractivity contribution in [1.82, 2.24) is 4.98 Å². The van der Waals surface area contributed by atoms with Gasteiger partial charge in [-0.3, -0.25) is 0 Å². The zero-order chi connectivity index (χ0) is 43.6. The maximum Gasteiger partial charge on any atom is 0.0561 e. The van der Waals surface area contributed by atoms with Gasteiger partial charge in [-0.05, 0) is 127 Å². The number of aromatic amines is 1. The smallest absolute Gasteiger partial charge is 0.0561 e. The van der Waals surface area contributed by atoms with Crippen molar-refractivity contribution in [2.24, 2.45) is 0 Å². The predicted octanol–water partition coefficient (Wildman–Crippen LogP) is 18.5. The molecule has 0 bridgehead atoms. The fourth-order valence-corrected chi connectivity index (χ4v) is 12.1. The Labute approximate surface area is 390 Å². The van der Waals surface area contributed by atoms with Gasteiger partial charge in [0.25, 0.3) is 0 Å². The fourth-order valence-electron chi connectivity index (χ4n) is 9.90. The Hall–Kier alpha value is -8.16. The van der Waals surface area contributed by atoms with E-state index in [0.717, 1.165) is 62.2 Å². The molecule has 0 unspecified atom stereocenters.